The number of allylic oxidation sites excluding steroid dienone is 2. The monoisotopic (exact) mass is 406 g/mol. The van der Waals surface area contributed by atoms with E-state index in [4.69, 9.17) is 0 Å². The summed E-state index contributed by atoms with van der Waals surface area (Å²) in [4.78, 5) is 24.4. The number of carbonyl (C=O) groups is 1. The van der Waals surface area contributed by atoms with Gasteiger partial charge in [-0.1, -0.05) is 11.6 Å². The van der Waals surface area contributed by atoms with Gasteiger partial charge in [0.05, 0.1) is 17.3 Å². The van der Waals surface area contributed by atoms with Gasteiger partial charge in [-0.05, 0) is 41.9 Å². The summed E-state index contributed by atoms with van der Waals surface area (Å²) in [5.74, 6) is -0.476. The number of nitrogens with zero attached hydrogens (tertiary/aromatic N) is 1. The lowest BCUT2D eigenvalue weighted by Crippen LogP contribution is -2.34. The number of hydrogen-bond acceptors (Lipinski definition) is 5. The molecule has 0 fully saturated rings. The van der Waals surface area contributed by atoms with Crippen LogP contribution in [0.2, 0.25) is 0 Å². The lowest BCUT2D eigenvalue weighted by Gasteiger charge is -2.13. The van der Waals surface area contributed by atoms with Gasteiger partial charge >= 0.3 is 0 Å². The van der Waals surface area contributed by atoms with Gasteiger partial charge in [-0.15, -0.1) is 0 Å². The third kappa shape index (κ3) is 6.28. The Hall–Kier alpha value is -1.45. The first-order valence-electron chi connectivity index (χ1n) is 6.79. The fourth-order valence-corrected chi connectivity index (χ4v) is 2.43. The quantitative estimate of drug-likeness (QED) is 0.418. The summed E-state index contributed by atoms with van der Waals surface area (Å²) in [6, 6.07) is 3.03. The highest BCUT2D eigenvalue weighted by molar-refractivity contribution is 9.10. The van der Waals surface area contributed by atoms with Gasteiger partial charge in [0.2, 0.25) is 0 Å². The molecule has 0 aromatic carbocycles. The molecule has 128 valence electrons. The number of nitrogens with one attached hydrogen (secondary N) is 1. The summed E-state index contributed by atoms with van der Waals surface area (Å²) in [7, 11) is -3.55. The molecule has 1 N–H and O–H groups in total. The predicted octanol–water partition coefficient (Wildman–Crippen LogP) is 1.28. The van der Waals surface area contributed by atoms with Gasteiger partial charge in [0.1, 0.15) is 5.69 Å². The molecule has 0 unspecified atom stereocenters. The number of halogens is 1. The van der Waals surface area contributed by atoms with Gasteiger partial charge in [0.15, 0.2) is 0 Å². The van der Waals surface area contributed by atoms with Crippen LogP contribution in [0.3, 0.4) is 0 Å². The zero-order valence-electron chi connectivity index (χ0n) is 13.1. The molecule has 7 nitrogen and oxygen atoms in total. The van der Waals surface area contributed by atoms with Crippen molar-refractivity contribution in [3.05, 3.63) is 44.3 Å². The predicted molar refractivity (Wildman–Crippen MR) is 91.0 cm³/mol. The van der Waals surface area contributed by atoms with E-state index in [2.05, 4.69) is 25.4 Å². The van der Waals surface area contributed by atoms with Crippen LogP contribution in [0.1, 0.15) is 24.3 Å². The fourth-order valence-electron chi connectivity index (χ4n) is 1.70. The second kappa shape index (κ2) is 8.42. The van der Waals surface area contributed by atoms with Crippen molar-refractivity contribution in [3.63, 3.8) is 0 Å². The molecule has 0 aliphatic rings. The van der Waals surface area contributed by atoms with Crippen LogP contribution in [0.15, 0.2) is 33.0 Å². The largest absolute Gasteiger partial charge is 0.348 e. The van der Waals surface area contributed by atoms with E-state index >= 15 is 0 Å². The van der Waals surface area contributed by atoms with Gasteiger partial charge in [-0.25, -0.2) is 0 Å². The number of amides is 1. The van der Waals surface area contributed by atoms with Gasteiger partial charge < -0.3 is 5.32 Å². The SMILES string of the molecule is C/C=C(/C)Cn1c(C(=O)NCCOS(C)(=O)=O)ccc(Br)c1=O. The van der Waals surface area contributed by atoms with Crippen molar-refractivity contribution in [2.45, 2.75) is 20.4 Å². The van der Waals surface area contributed by atoms with Crippen LogP contribution in [-0.2, 0) is 20.8 Å². The molecule has 0 bridgehead atoms. The van der Waals surface area contributed by atoms with Crippen molar-refractivity contribution in [2.24, 2.45) is 0 Å². The standard InChI is InChI=1S/C14H19BrN2O5S/c1-4-10(2)9-17-12(6-5-11(15)14(17)19)13(18)16-7-8-22-23(3,20)21/h4-6H,7-9H2,1-3H3,(H,16,18)/b10-4-. The van der Waals surface area contributed by atoms with E-state index in [0.717, 1.165) is 11.8 Å². The second-order valence-corrected chi connectivity index (χ2v) is 7.37. The molecular formula is C14H19BrN2O5S. The molecule has 1 heterocycles. The highest BCUT2D eigenvalue weighted by Crippen LogP contribution is 2.08. The lowest BCUT2D eigenvalue weighted by molar-refractivity contribution is 0.0937. The summed E-state index contributed by atoms with van der Waals surface area (Å²) in [5.41, 5.74) is 0.810. The number of rotatable bonds is 7. The average Bonchev–Trinajstić information content (AvgIpc) is 2.47. The third-order valence-electron chi connectivity index (χ3n) is 2.95. The zero-order valence-corrected chi connectivity index (χ0v) is 15.5. The Morgan fingerprint density at radius 3 is 2.65 bits per heavy atom. The molecule has 0 atom stereocenters. The van der Waals surface area contributed by atoms with Crippen LogP contribution in [0.5, 0.6) is 0 Å². The maximum Gasteiger partial charge on any atom is 0.268 e. The first-order valence-corrected chi connectivity index (χ1v) is 9.40. The Labute approximate surface area is 143 Å². The van der Waals surface area contributed by atoms with E-state index in [0.29, 0.717) is 4.47 Å². The minimum absolute atomic E-state index is 0.0127. The molecule has 0 spiro atoms. The minimum atomic E-state index is -3.55. The van der Waals surface area contributed by atoms with Crippen LogP contribution >= 0.6 is 15.9 Å². The first-order chi connectivity index (χ1) is 10.7. The second-order valence-electron chi connectivity index (χ2n) is 4.87. The Bertz CT molecular complexity index is 768. The number of hydrogen-bond donors (Lipinski definition) is 1. The summed E-state index contributed by atoms with van der Waals surface area (Å²) in [5, 5.41) is 2.53. The van der Waals surface area contributed by atoms with Crippen LogP contribution in [0.25, 0.3) is 0 Å². The normalized spacial score (nSPS) is 12.3. The Morgan fingerprint density at radius 2 is 2.09 bits per heavy atom. The molecule has 1 rings (SSSR count). The van der Waals surface area contributed by atoms with Crippen molar-refractivity contribution >= 4 is 32.0 Å². The fraction of sp³-hybridized carbons (Fsp3) is 0.429. The van der Waals surface area contributed by atoms with Gasteiger partial charge in [0.25, 0.3) is 21.6 Å². The van der Waals surface area contributed by atoms with Crippen molar-refractivity contribution in [1.82, 2.24) is 9.88 Å². The number of aromatic nitrogens is 1. The molecule has 23 heavy (non-hydrogen) atoms. The molecule has 1 aromatic rings. The van der Waals surface area contributed by atoms with Crippen LogP contribution in [0, 0.1) is 0 Å². The van der Waals surface area contributed by atoms with Gasteiger partial charge in [0, 0.05) is 13.1 Å². The van der Waals surface area contributed by atoms with Crippen molar-refractivity contribution < 1.29 is 17.4 Å². The van der Waals surface area contributed by atoms with E-state index in [1.807, 2.05) is 19.9 Å². The van der Waals surface area contributed by atoms with Crippen molar-refractivity contribution in [1.29, 1.82) is 0 Å². The molecular weight excluding hydrogens is 388 g/mol. The summed E-state index contributed by atoms with van der Waals surface area (Å²) < 4.78 is 27.9. The van der Waals surface area contributed by atoms with Crippen LogP contribution in [-0.4, -0.2) is 38.3 Å². The van der Waals surface area contributed by atoms with E-state index in [1.165, 1.54) is 16.7 Å². The summed E-state index contributed by atoms with van der Waals surface area (Å²) >= 11 is 3.16. The Balaban J connectivity index is 2.92. The zero-order chi connectivity index (χ0) is 17.6. The number of carbonyl (C=O) groups excluding carboxylic acids is 1. The number of pyridine rings is 1. The summed E-state index contributed by atoms with van der Waals surface area (Å²) in [6.45, 7) is 3.84. The van der Waals surface area contributed by atoms with Gasteiger partial charge in [-0.2, -0.15) is 8.42 Å². The smallest absolute Gasteiger partial charge is 0.268 e. The Morgan fingerprint density at radius 1 is 1.43 bits per heavy atom. The lowest BCUT2D eigenvalue weighted by atomic mass is 10.2. The van der Waals surface area contributed by atoms with Crippen molar-refractivity contribution in [2.75, 3.05) is 19.4 Å². The van der Waals surface area contributed by atoms with E-state index < -0.39 is 16.0 Å². The molecule has 0 aliphatic carbocycles. The maximum absolute atomic E-state index is 12.2. The summed E-state index contributed by atoms with van der Waals surface area (Å²) in [6.07, 6.45) is 2.79. The van der Waals surface area contributed by atoms with E-state index in [1.54, 1.807) is 0 Å². The highest BCUT2D eigenvalue weighted by Gasteiger charge is 2.14. The molecule has 1 amide bonds. The van der Waals surface area contributed by atoms with Gasteiger partial charge in [-0.3, -0.25) is 18.3 Å². The molecule has 0 saturated heterocycles. The minimum Gasteiger partial charge on any atom is -0.348 e. The third-order valence-corrected chi connectivity index (χ3v) is 4.14. The Kier molecular flexibility index (Phi) is 7.17. The highest BCUT2D eigenvalue weighted by atomic mass is 79.9. The van der Waals surface area contributed by atoms with E-state index in [-0.39, 0.29) is 30.9 Å². The molecule has 1 aromatic heterocycles. The molecule has 0 aliphatic heterocycles. The first kappa shape index (κ1) is 19.6. The van der Waals surface area contributed by atoms with Crippen LogP contribution < -0.4 is 10.9 Å². The van der Waals surface area contributed by atoms with Crippen LogP contribution in [0.4, 0.5) is 0 Å². The van der Waals surface area contributed by atoms with E-state index in [9.17, 15) is 18.0 Å². The molecule has 0 saturated carbocycles. The topological polar surface area (TPSA) is 94.5 Å². The molecule has 0 radical (unpaired) electrons. The van der Waals surface area contributed by atoms with Crippen molar-refractivity contribution in [3.8, 4) is 0 Å². The molecule has 9 heteroatoms. The maximum atomic E-state index is 12.2. The average molecular weight is 407 g/mol.